The molecule has 2 heterocycles. The minimum absolute atomic E-state index is 0.152. The van der Waals surface area contributed by atoms with Gasteiger partial charge in [0.2, 0.25) is 0 Å². The van der Waals surface area contributed by atoms with Crippen LogP contribution >= 0.6 is 0 Å². The molecular weight excluding hydrogens is 312 g/mol. The van der Waals surface area contributed by atoms with Crippen molar-refractivity contribution >= 4 is 17.8 Å². The predicted octanol–water partition coefficient (Wildman–Crippen LogP) is 3.84. The van der Waals surface area contributed by atoms with Crippen LogP contribution in [-0.4, -0.2) is 29.1 Å². The first-order valence-electron chi connectivity index (χ1n) is 7.74. The van der Waals surface area contributed by atoms with Crippen LogP contribution in [-0.2, 0) is 0 Å². The third kappa shape index (κ3) is 4.23. The van der Waals surface area contributed by atoms with Crippen molar-refractivity contribution in [1.82, 2.24) is 10.1 Å². The largest absolute Gasteiger partial charge is 0.306 e. The van der Waals surface area contributed by atoms with Gasteiger partial charge >= 0.3 is 0 Å². The summed E-state index contributed by atoms with van der Waals surface area (Å²) in [6.07, 6.45) is 2.93. The molecule has 0 aliphatic carbocycles. The van der Waals surface area contributed by atoms with Gasteiger partial charge in [-0.15, -0.1) is 9.60 Å². The molecule has 1 aliphatic heterocycles. The molecule has 1 amide bonds. The molecule has 4 nitrogen and oxygen atoms in total. The Morgan fingerprint density at radius 2 is 1.88 bits per heavy atom. The number of anilines is 1. The van der Waals surface area contributed by atoms with Crippen molar-refractivity contribution in [3.8, 4) is 0 Å². The molecule has 0 radical (unpaired) electrons. The van der Waals surface area contributed by atoms with Crippen molar-refractivity contribution in [3.63, 3.8) is 0 Å². The van der Waals surface area contributed by atoms with E-state index in [0.29, 0.717) is 37.2 Å². The molecule has 1 fully saturated rings. The second-order valence-electron chi connectivity index (χ2n) is 5.63. The minimum Gasteiger partial charge on any atom is -0.306 e. The highest BCUT2D eigenvalue weighted by molar-refractivity contribution is 6.03. The monoisotopic (exact) mass is 329 g/mol. The summed E-state index contributed by atoms with van der Waals surface area (Å²) in [7, 11) is 0. The topological polar surface area (TPSA) is 45.2 Å². The van der Waals surface area contributed by atoms with E-state index < -0.39 is 5.82 Å². The number of carbonyl (C=O) groups is 1. The highest BCUT2D eigenvalue weighted by atomic mass is 19.2. The summed E-state index contributed by atoms with van der Waals surface area (Å²) < 4.78 is 26.8. The van der Waals surface area contributed by atoms with Crippen LogP contribution in [0.2, 0.25) is 0 Å². The summed E-state index contributed by atoms with van der Waals surface area (Å²) in [5.74, 6) is -0.681. The van der Waals surface area contributed by atoms with Crippen LogP contribution in [0.15, 0.2) is 48.0 Å². The molecule has 0 unspecified atom stereocenters. The molecule has 1 aliphatic rings. The Morgan fingerprint density at radius 1 is 1.17 bits per heavy atom. The summed E-state index contributed by atoms with van der Waals surface area (Å²) in [6, 6.07) is 11.1. The van der Waals surface area contributed by atoms with Crippen LogP contribution in [0.25, 0.3) is 6.08 Å². The molecule has 1 N–H and O–H groups in total. The van der Waals surface area contributed by atoms with E-state index in [-0.39, 0.29) is 11.7 Å². The van der Waals surface area contributed by atoms with Crippen LogP contribution < -0.4 is 5.32 Å². The molecular formula is C18H17F2N3O. The van der Waals surface area contributed by atoms with Gasteiger partial charge < -0.3 is 5.32 Å². The van der Waals surface area contributed by atoms with Gasteiger partial charge in [0.15, 0.2) is 0 Å². The van der Waals surface area contributed by atoms with E-state index in [2.05, 4.69) is 10.3 Å². The van der Waals surface area contributed by atoms with Crippen molar-refractivity contribution in [2.75, 3.05) is 18.4 Å². The Hall–Kier alpha value is -2.60. The average molecular weight is 329 g/mol. The number of amides is 1. The van der Waals surface area contributed by atoms with Crippen LogP contribution in [0.1, 0.15) is 28.9 Å². The standard InChI is InChI=1S/C18H17F2N3O/c19-15-11-16(10-13-6-8-23(20)9-7-13)21-17(12-15)22-18(24)14-4-2-1-3-5-14/h1-5,10-12H,6-9H2,(H,21,22,24). The molecule has 2 aromatic rings. The second kappa shape index (κ2) is 7.31. The average Bonchev–Trinajstić information content (AvgIpc) is 2.57. The molecule has 1 saturated heterocycles. The van der Waals surface area contributed by atoms with E-state index >= 15 is 0 Å². The normalized spacial score (nSPS) is 15.2. The lowest BCUT2D eigenvalue weighted by Crippen LogP contribution is -2.22. The number of carbonyl (C=O) groups excluding carboxylic acids is 1. The SMILES string of the molecule is O=C(Nc1cc(F)cc(C=C2CCN(F)CC2)n1)c1ccccc1. The van der Waals surface area contributed by atoms with E-state index in [1.807, 2.05) is 6.07 Å². The van der Waals surface area contributed by atoms with Crippen molar-refractivity contribution < 1.29 is 13.7 Å². The summed E-state index contributed by atoms with van der Waals surface area (Å²) in [5, 5.41) is 3.36. The van der Waals surface area contributed by atoms with E-state index in [1.165, 1.54) is 12.1 Å². The Balaban J connectivity index is 1.77. The maximum Gasteiger partial charge on any atom is 0.256 e. The van der Waals surface area contributed by atoms with Crippen molar-refractivity contribution in [2.45, 2.75) is 12.8 Å². The zero-order valence-electron chi connectivity index (χ0n) is 13.0. The number of nitrogens with zero attached hydrogens (tertiary/aromatic N) is 2. The molecule has 1 aromatic heterocycles. The van der Waals surface area contributed by atoms with Gasteiger partial charge in [-0.05, 0) is 37.1 Å². The van der Waals surface area contributed by atoms with Gasteiger partial charge in [0.1, 0.15) is 11.6 Å². The molecule has 0 bridgehead atoms. The molecule has 1 aromatic carbocycles. The summed E-state index contributed by atoms with van der Waals surface area (Å²) in [5.41, 5.74) is 1.90. The van der Waals surface area contributed by atoms with Crippen molar-refractivity contribution in [3.05, 3.63) is 65.1 Å². The molecule has 0 atom stereocenters. The first-order chi connectivity index (χ1) is 11.6. The fourth-order valence-corrected chi connectivity index (χ4v) is 2.55. The number of aromatic nitrogens is 1. The molecule has 0 saturated carbocycles. The second-order valence-corrected chi connectivity index (χ2v) is 5.63. The third-order valence-corrected chi connectivity index (χ3v) is 3.79. The molecule has 124 valence electrons. The van der Waals surface area contributed by atoms with Gasteiger partial charge in [0.05, 0.1) is 5.69 Å². The minimum atomic E-state index is -0.483. The number of benzene rings is 1. The summed E-state index contributed by atoms with van der Waals surface area (Å²) in [4.78, 5) is 16.4. The number of hydrogen-bond acceptors (Lipinski definition) is 3. The fraction of sp³-hybridized carbons (Fsp3) is 0.222. The van der Waals surface area contributed by atoms with Gasteiger partial charge in [0, 0.05) is 24.7 Å². The maximum absolute atomic E-state index is 13.8. The Morgan fingerprint density at radius 3 is 2.58 bits per heavy atom. The van der Waals surface area contributed by atoms with Gasteiger partial charge in [0.25, 0.3) is 5.91 Å². The fourth-order valence-electron chi connectivity index (χ4n) is 2.55. The highest BCUT2D eigenvalue weighted by Gasteiger charge is 2.13. The van der Waals surface area contributed by atoms with Gasteiger partial charge in [-0.2, -0.15) is 0 Å². The van der Waals surface area contributed by atoms with Crippen LogP contribution in [0.4, 0.5) is 14.7 Å². The smallest absolute Gasteiger partial charge is 0.256 e. The number of nitrogens with one attached hydrogen (secondary N) is 1. The molecule has 6 heteroatoms. The Bertz CT molecular complexity index is 752. The van der Waals surface area contributed by atoms with E-state index in [9.17, 15) is 13.7 Å². The van der Waals surface area contributed by atoms with Crippen molar-refractivity contribution in [1.29, 1.82) is 0 Å². The quantitative estimate of drug-likeness (QED) is 0.870. The predicted molar refractivity (Wildman–Crippen MR) is 88.5 cm³/mol. The Kier molecular flexibility index (Phi) is 4.96. The summed E-state index contributed by atoms with van der Waals surface area (Å²) in [6.45, 7) is 0.664. The molecule has 3 rings (SSSR count). The van der Waals surface area contributed by atoms with E-state index in [0.717, 1.165) is 10.7 Å². The lowest BCUT2D eigenvalue weighted by atomic mass is 10.0. The van der Waals surface area contributed by atoms with Gasteiger partial charge in [-0.1, -0.05) is 23.8 Å². The molecule has 0 spiro atoms. The van der Waals surface area contributed by atoms with Gasteiger partial charge in [-0.25, -0.2) is 9.37 Å². The highest BCUT2D eigenvalue weighted by Crippen LogP contribution is 2.20. The zero-order chi connectivity index (χ0) is 16.9. The first kappa shape index (κ1) is 16.3. The van der Waals surface area contributed by atoms with E-state index in [1.54, 1.807) is 30.3 Å². The number of halogens is 2. The van der Waals surface area contributed by atoms with Crippen LogP contribution in [0.3, 0.4) is 0 Å². The third-order valence-electron chi connectivity index (χ3n) is 3.79. The number of hydrogen-bond donors (Lipinski definition) is 1. The zero-order valence-corrected chi connectivity index (χ0v) is 13.0. The number of piperidine rings is 1. The lowest BCUT2D eigenvalue weighted by Gasteiger charge is -2.19. The maximum atomic E-state index is 13.8. The number of rotatable bonds is 3. The van der Waals surface area contributed by atoms with Crippen LogP contribution in [0, 0.1) is 5.82 Å². The summed E-state index contributed by atoms with van der Waals surface area (Å²) >= 11 is 0. The molecule has 24 heavy (non-hydrogen) atoms. The lowest BCUT2D eigenvalue weighted by molar-refractivity contribution is 0.0176. The first-order valence-corrected chi connectivity index (χ1v) is 7.74. The van der Waals surface area contributed by atoms with Crippen LogP contribution in [0.5, 0.6) is 0 Å². The Labute approximate surface area is 138 Å². The van der Waals surface area contributed by atoms with Gasteiger partial charge in [-0.3, -0.25) is 4.79 Å². The van der Waals surface area contributed by atoms with E-state index in [4.69, 9.17) is 0 Å². The van der Waals surface area contributed by atoms with Crippen molar-refractivity contribution in [2.24, 2.45) is 0 Å². The number of pyridine rings is 1.